The highest BCUT2D eigenvalue weighted by Crippen LogP contribution is 2.22. The summed E-state index contributed by atoms with van der Waals surface area (Å²) in [5.74, 6) is 0.0872. The van der Waals surface area contributed by atoms with Gasteiger partial charge in [-0.2, -0.15) is 5.10 Å². The standard InChI is InChI=1S/C19H20N4O/c1-12-6-13(2)8-15(7-12)19(24)22-5-4-17-16(11-22)10-20-18-9-14(3)21-23(17)18/h6-10H,4-5,11H2,1-3H3. The SMILES string of the molecule is Cc1cc(C)cc(C(=O)N2CCc3c(cnc4cc(C)nn34)C2)c1. The van der Waals surface area contributed by atoms with Gasteiger partial charge in [0.25, 0.3) is 5.91 Å². The van der Waals surface area contributed by atoms with Gasteiger partial charge in [0.2, 0.25) is 0 Å². The van der Waals surface area contributed by atoms with E-state index in [4.69, 9.17) is 0 Å². The molecule has 0 radical (unpaired) electrons. The van der Waals surface area contributed by atoms with E-state index in [-0.39, 0.29) is 5.91 Å². The van der Waals surface area contributed by atoms with Crippen LogP contribution in [0.15, 0.2) is 30.5 Å². The van der Waals surface area contributed by atoms with Gasteiger partial charge in [-0.15, -0.1) is 0 Å². The number of nitrogens with zero attached hydrogens (tertiary/aromatic N) is 4. The maximum atomic E-state index is 12.9. The Kier molecular flexibility index (Phi) is 3.37. The molecule has 0 N–H and O–H groups in total. The van der Waals surface area contributed by atoms with Crippen molar-refractivity contribution in [1.29, 1.82) is 0 Å². The molecule has 0 saturated carbocycles. The minimum absolute atomic E-state index is 0.0872. The average Bonchev–Trinajstić information content (AvgIpc) is 2.93. The smallest absolute Gasteiger partial charge is 0.254 e. The van der Waals surface area contributed by atoms with Gasteiger partial charge in [-0.3, -0.25) is 4.79 Å². The Morgan fingerprint density at radius 3 is 2.58 bits per heavy atom. The van der Waals surface area contributed by atoms with Gasteiger partial charge in [0, 0.05) is 42.9 Å². The Labute approximate surface area is 140 Å². The molecule has 0 bridgehead atoms. The molecule has 0 unspecified atom stereocenters. The normalized spacial score (nSPS) is 14.0. The van der Waals surface area contributed by atoms with Crippen LogP contribution >= 0.6 is 0 Å². The number of fused-ring (bicyclic) bond motifs is 3. The molecule has 3 heterocycles. The van der Waals surface area contributed by atoms with Crippen molar-refractivity contribution in [2.24, 2.45) is 0 Å². The lowest BCUT2D eigenvalue weighted by atomic mass is 10.0. The van der Waals surface area contributed by atoms with E-state index in [1.807, 2.05) is 54.6 Å². The van der Waals surface area contributed by atoms with Crippen LogP contribution in [0.25, 0.3) is 5.65 Å². The fourth-order valence-corrected chi connectivity index (χ4v) is 3.51. The summed E-state index contributed by atoms with van der Waals surface area (Å²) in [6, 6.07) is 7.99. The summed E-state index contributed by atoms with van der Waals surface area (Å²) in [6.07, 6.45) is 2.68. The number of benzene rings is 1. The van der Waals surface area contributed by atoms with Crippen molar-refractivity contribution < 1.29 is 4.79 Å². The fraction of sp³-hybridized carbons (Fsp3) is 0.316. The van der Waals surface area contributed by atoms with Crippen molar-refractivity contribution in [2.45, 2.75) is 33.7 Å². The van der Waals surface area contributed by atoms with E-state index in [0.717, 1.165) is 45.7 Å². The van der Waals surface area contributed by atoms with Gasteiger partial charge in [0.1, 0.15) is 0 Å². The van der Waals surface area contributed by atoms with Gasteiger partial charge in [0.05, 0.1) is 11.4 Å². The molecular weight excluding hydrogens is 300 g/mol. The van der Waals surface area contributed by atoms with E-state index in [1.165, 1.54) is 0 Å². The van der Waals surface area contributed by atoms with Crippen molar-refractivity contribution in [1.82, 2.24) is 19.5 Å². The summed E-state index contributed by atoms with van der Waals surface area (Å²) in [5, 5.41) is 4.53. The third kappa shape index (κ3) is 2.46. The highest BCUT2D eigenvalue weighted by Gasteiger charge is 2.24. The van der Waals surface area contributed by atoms with Crippen LogP contribution in [0, 0.1) is 20.8 Å². The molecule has 0 aliphatic carbocycles. The largest absolute Gasteiger partial charge is 0.334 e. The molecule has 0 saturated heterocycles. The number of aryl methyl sites for hydroxylation is 3. The second-order valence-electron chi connectivity index (χ2n) is 6.64. The van der Waals surface area contributed by atoms with Crippen LogP contribution in [0.2, 0.25) is 0 Å². The summed E-state index contributed by atoms with van der Waals surface area (Å²) in [4.78, 5) is 19.2. The minimum Gasteiger partial charge on any atom is -0.334 e. The third-order valence-electron chi connectivity index (χ3n) is 4.53. The molecule has 122 valence electrons. The molecule has 0 spiro atoms. The molecular formula is C19H20N4O. The van der Waals surface area contributed by atoms with E-state index in [1.54, 1.807) is 0 Å². The molecule has 2 aromatic heterocycles. The van der Waals surface area contributed by atoms with Gasteiger partial charge in [-0.05, 0) is 32.9 Å². The van der Waals surface area contributed by atoms with Crippen LogP contribution in [-0.2, 0) is 13.0 Å². The Hall–Kier alpha value is -2.69. The molecule has 24 heavy (non-hydrogen) atoms. The second-order valence-corrected chi connectivity index (χ2v) is 6.64. The predicted molar refractivity (Wildman–Crippen MR) is 92.1 cm³/mol. The van der Waals surface area contributed by atoms with E-state index < -0.39 is 0 Å². The molecule has 0 atom stereocenters. The van der Waals surface area contributed by atoms with Gasteiger partial charge in [-0.1, -0.05) is 17.2 Å². The second kappa shape index (κ2) is 5.44. The van der Waals surface area contributed by atoms with E-state index in [9.17, 15) is 4.79 Å². The van der Waals surface area contributed by atoms with Crippen LogP contribution in [-0.4, -0.2) is 31.9 Å². The summed E-state index contributed by atoms with van der Waals surface area (Å²) >= 11 is 0. The minimum atomic E-state index is 0.0872. The molecule has 5 nitrogen and oxygen atoms in total. The Morgan fingerprint density at radius 1 is 1.08 bits per heavy atom. The van der Waals surface area contributed by atoms with Crippen molar-refractivity contribution in [3.05, 3.63) is 64.1 Å². The number of hydrogen-bond donors (Lipinski definition) is 0. The van der Waals surface area contributed by atoms with Crippen LogP contribution in [0.4, 0.5) is 0 Å². The number of carbonyl (C=O) groups is 1. The fourth-order valence-electron chi connectivity index (χ4n) is 3.51. The number of amides is 1. The van der Waals surface area contributed by atoms with Gasteiger partial charge >= 0.3 is 0 Å². The van der Waals surface area contributed by atoms with Crippen LogP contribution in [0.3, 0.4) is 0 Å². The topological polar surface area (TPSA) is 50.5 Å². The molecule has 3 aromatic rings. The molecule has 1 aliphatic rings. The third-order valence-corrected chi connectivity index (χ3v) is 4.53. The quantitative estimate of drug-likeness (QED) is 0.693. The van der Waals surface area contributed by atoms with E-state index >= 15 is 0 Å². The first-order valence-electron chi connectivity index (χ1n) is 8.22. The molecule has 4 rings (SSSR count). The van der Waals surface area contributed by atoms with Crippen molar-refractivity contribution in [2.75, 3.05) is 6.54 Å². The first kappa shape index (κ1) is 14.9. The van der Waals surface area contributed by atoms with Crippen molar-refractivity contribution in [3.63, 3.8) is 0 Å². The lowest BCUT2D eigenvalue weighted by molar-refractivity contribution is 0.0732. The Morgan fingerprint density at radius 2 is 1.83 bits per heavy atom. The summed E-state index contributed by atoms with van der Waals surface area (Å²) in [6.45, 7) is 7.31. The lowest BCUT2D eigenvalue weighted by Gasteiger charge is -2.29. The molecule has 5 heteroatoms. The molecule has 1 aliphatic heterocycles. The summed E-state index contributed by atoms with van der Waals surface area (Å²) in [7, 11) is 0. The van der Waals surface area contributed by atoms with E-state index in [2.05, 4.69) is 16.1 Å². The lowest BCUT2D eigenvalue weighted by Crippen LogP contribution is -2.37. The summed E-state index contributed by atoms with van der Waals surface area (Å²) < 4.78 is 1.92. The van der Waals surface area contributed by atoms with Crippen molar-refractivity contribution in [3.8, 4) is 0 Å². The Balaban J connectivity index is 1.66. The van der Waals surface area contributed by atoms with Crippen LogP contribution in [0.1, 0.15) is 38.4 Å². The van der Waals surface area contributed by atoms with Gasteiger partial charge in [0.15, 0.2) is 5.65 Å². The van der Waals surface area contributed by atoms with Crippen molar-refractivity contribution >= 4 is 11.6 Å². The maximum absolute atomic E-state index is 12.9. The highest BCUT2D eigenvalue weighted by molar-refractivity contribution is 5.94. The molecule has 1 amide bonds. The predicted octanol–water partition coefficient (Wildman–Crippen LogP) is 2.85. The zero-order valence-corrected chi connectivity index (χ0v) is 14.2. The number of aromatic nitrogens is 3. The zero-order chi connectivity index (χ0) is 16.8. The van der Waals surface area contributed by atoms with Crippen LogP contribution < -0.4 is 0 Å². The number of rotatable bonds is 1. The Bertz CT molecular complexity index is 937. The average molecular weight is 320 g/mol. The number of carbonyl (C=O) groups excluding carboxylic acids is 1. The summed E-state index contributed by atoms with van der Waals surface area (Å²) in [5.41, 5.74) is 7.08. The van der Waals surface area contributed by atoms with Crippen LogP contribution in [0.5, 0.6) is 0 Å². The monoisotopic (exact) mass is 320 g/mol. The molecule has 0 fully saturated rings. The van der Waals surface area contributed by atoms with Gasteiger partial charge < -0.3 is 4.90 Å². The first-order valence-corrected chi connectivity index (χ1v) is 8.22. The highest BCUT2D eigenvalue weighted by atomic mass is 16.2. The zero-order valence-electron chi connectivity index (χ0n) is 14.2. The maximum Gasteiger partial charge on any atom is 0.254 e. The molecule has 1 aromatic carbocycles. The first-order chi connectivity index (χ1) is 11.5. The van der Waals surface area contributed by atoms with E-state index in [0.29, 0.717) is 13.1 Å². The number of hydrogen-bond acceptors (Lipinski definition) is 3. The van der Waals surface area contributed by atoms with Gasteiger partial charge in [-0.25, -0.2) is 9.50 Å².